The highest BCUT2D eigenvalue weighted by atomic mass is 16.6. The van der Waals surface area contributed by atoms with Crippen molar-refractivity contribution in [2.24, 2.45) is 0 Å². The number of rotatable bonds is 6. The minimum atomic E-state index is -1.16. The summed E-state index contributed by atoms with van der Waals surface area (Å²) in [4.78, 5) is 26.2. The zero-order valence-electron chi connectivity index (χ0n) is 21.6. The maximum absolute atomic E-state index is 14.0. The molecule has 2 aromatic heterocycles. The van der Waals surface area contributed by atoms with Crippen molar-refractivity contribution in [1.82, 2.24) is 0 Å². The Morgan fingerprint density at radius 3 is 2.31 bits per heavy atom. The lowest BCUT2D eigenvalue weighted by Crippen LogP contribution is -2.47. The van der Waals surface area contributed by atoms with Crippen molar-refractivity contribution in [3.63, 3.8) is 0 Å². The Morgan fingerprint density at radius 2 is 1.71 bits per heavy atom. The van der Waals surface area contributed by atoms with Gasteiger partial charge in [0.2, 0.25) is 0 Å². The second-order valence-electron chi connectivity index (χ2n) is 8.35. The third-order valence-electron chi connectivity index (χ3n) is 6.63. The van der Waals surface area contributed by atoms with Gasteiger partial charge in [-0.15, -0.1) is 0 Å². The number of hydrogen-bond acceptors (Lipinski definition) is 8. The molecule has 0 amide bonds. The number of hydrogen-bond donors (Lipinski definition) is 0. The molecular formula is C27H34O8. The van der Waals surface area contributed by atoms with Crippen molar-refractivity contribution >= 4 is 11.0 Å². The van der Waals surface area contributed by atoms with Crippen molar-refractivity contribution in [1.29, 1.82) is 0 Å². The number of methoxy groups -OCH3 is 4. The van der Waals surface area contributed by atoms with Gasteiger partial charge in [-0.3, -0.25) is 9.59 Å². The van der Waals surface area contributed by atoms with Gasteiger partial charge < -0.3 is 27.8 Å². The molecule has 0 N–H and O–H groups in total. The molecule has 35 heavy (non-hydrogen) atoms. The summed E-state index contributed by atoms with van der Waals surface area (Å²) in [6.07, 6.45) is 0.512. The van der Waals surface area contributed by atoms with Gasteiger partial charge in [-0.1, -0.05) is 20.8 Å². The van der Waals surface area contributed by atoms with E-state index in [9.17, 15) is 9.59 Å². The van der Waals surface area contributed by atoms with Gasteiger partial charge in [0.1, 0.15) is 28.5 Å². The van der Waals surface area contributed by atoms with Gasteiger partial charge in [0, 0.05) is 45.1 Å². The lowest BCUT2D eigenvalue weighted by molar-refractivity contribution is -0.0923. The summed E-state index contributed by atoms with van der Waals surface area (Å²) in [7, 11) is 6.14. The first-order valence-electron chi connectivity index (χ1n) is 11.7. The molecule has 0 saturated heterocycles. The van der Waals surface area contributed by atoms with E-state index in [1.54, 1.807) is 33.5 Å². The Bertz CT molecular complexity index is 1310. The van der Waals surface area contributed by atoms with Crippen LogP contribution in [0, 0.1) is 6.92 Å². The molecule has 0 radical (unpaired) electrons. The van der Waals surface area contributed by atoms with Crippen LogP contribution in [0.1, 0.15) is 55.8 Å². The summed E-state index contributed by atoms with van der Waals surface area (Å²) in [6, 6.07) is 6.16. The molecule has 190 valence electrons. The van der Waals surface area contributed by atoms with Crippen LogP contribution in [0.15, 0.2) is 42.7 Å². The van der Waals surface area contributed by atoms with E-state index in [0.29, 0.717) is 46.6 Å². The molecular weight excluding hydrogens is 452 g/mol. The molecule has 3 aromatic rings. The lowest BCUT2D eigenvalue weighted by Gasteiger charge is -2.43. The Hall–Kier alpha value is -3.10. The fraction of sp³-hybridized carbons (Fsp3) is 0.481. The summed E-state index contributed by atoms with van der Waals surface area (Å²) in [5, 5.41) is 0.464. The van der Waals surface area contributed by atoms with Gasteiger partial charge in [-0.25, -0.2) is 0 Å². The molecule has 3 atom stereocenters. The van der Waals surface area contributed by atoms with Crippen molar-refractivity contribution < 1.29 is 27.8 Å². The van der Waals surface area contributed by atoms with E-state index in [2.05, 4.69) is 0 Å². The average molecular weight is 487 g/mol. The van der Waals surface area contributed by atoms with Gasteiger partial charge in [0.25, 0.3) is 5.95 Å². The van der Waals surface area contributed by atoms with Crippen LogP contribution >= 0.6 is 0 Å². The zero-order valence-corrected chi connectivity index (χ0v) is 21.6. The van der Waals surface area contributed by atoms with Crippen molar-refractivity contribution in [2.75, 3.05) is 28.4 Å². The predicted molar refractivity (Wildman–Crippen MR) is 133 cm³/mol. The van der Waals surface area contributed by atoms with E-state index in [1.807, 2.05) is 27.7 Å². The lowest BCUT2D eigenvalue weighted by atomic mass is 9.71. The predicted octanol–water partition coefficient (Wildman–Crippen LogP) is 4.70. The van der Waals surface area contributed by atoms with Crippen molar-refractivity contribution in [3.8, 4) is 11.7 Å². The molecule has 1 aliphatic carbocycles. The molecule has 8 heteroatoms. The SMILES string of the molecule is CC.COc1cc(C)c2c(=O)c3c(oc2c1)CC(OC)CC3(OC)C(C)c1cc(=O)cc(OC)o1. The fourth-order valence-corrected chi connectivity index (χ4v) is 4.88. The molecule has 4 rings (SSSR count). The fourth-order valence-electron chi connectivity index (χ4n) is 4.88. The average Bonchev–Trinajstić information content (AvgIpc) is 2.87. The van der Waals surface area contributed by atoms with E-state index in [0.717, 1.165) is 5.56 Å². The summed E-state index contributed by atoms with van der Waals surface area (Å²) >= 11 is 0. The minimum absolute atomic E-state index is 0.0865. The van der Waals surface area contributed by atoms with Crippen molar-refractivity contribution in [2.45, 2.75) is 58.2 Å². The normalized spacial score (nSPS) is 19.9. The van der Waals surface area contributed by atoms with Crippen molar-refractivity contribution in [3.05, 3.63) is 67.4 Å². The van der Waals surface area contributed by atoms with Crippen LogP contribution in [0.5, 0.6) is 11.7 Å². The van der Waals surface area contributed by atoms with Gasteiger partial charge >= 0.3 is 0 Å². The van der Waals surface area contributed by atoms with Gasteiger partial charge in [0.15, 0.2) is 10.9 Å². The van der Waals surface area contributed by atoms with Crippen LogP contribution in [0.4, 0.5) is 0 Å². The number of benzene rings is 1. The first-order chi connectivity index (χ1) is 16.8. The molecule has 3 unspecified atom stereocenters. The summed E-state index contributed by atoms with van der Waals surface area (Å²) in [5.41, 5.74) is -0.00764. The van der Waals surface area contributed by atoms with E-state index in [4.69, 9.17) is 27.8 Å². The Morgan fingerprint density at radius 1 is 1.00 bits per heavy atom. The molecule has 0 fully saturated rings. The van der Waals surface area contributed by atoms with Gasteiger partial charge in [0.05, 0.1) is 37.3 Å². The first-order valence-corrected chi connectivity index (χ1v) is 11.7. The number of fused-ring (bicyclic) bond motifs is 2. The Kier molecular flexibility index (Phi) is 8.07. The van der Waals surface area contributed by atoms with E-state index in [-0.39, 0.29) is 22.9 Å². The van der Waals surface area contributed by atoms with E-state index in [1.165, 1.54) is 19.2 Å². The highest BCUT2D eigenvalue weighted by Crippen LogP contribution is 2.48. The molecule has 8 nitrogen and oxygen atoms in total. The van der Waals surface area contributed by atoms with E-state index < -0.39 is 11.5 Å². The first kappa shape index (κ1) is 26.5. The van der Waals surface area contributed by atoms with Crippen LogP contribution in [0.25, 0.3) is 11.0 Å². The van der Waals surface area contributed by atoms with E-state index >= 15 is 0 Å². The van der Waals surface area contributed by atoms with Gasteiger partial charge in [-0.2, -0.15) is 0 Å². The van der Waals surface area contributed by atoms with Crippen LogP contribution in [-0.4, -0.2) is 34.5 Å². The molecule has 1 aliphatic rings. The molecule has 2 heterocycles. The third-order valence-corrected chi connectivity index (χ3v) is 6.63. The summed E-state index contributed by atoms with van der Waals surface area (Å²) in [5.74, 6) is 0.989. The third kappa shape index (κ3) is 4.60. The number of aryl methyl sites for hydroxylation is 1. The standard InChI is InChI=1S/C25H28O8.C2H6/c1-13-7-16(28-3)10-19-22(13)24(27)23-20(32-19)11-17(29-4)12-25(23,31-6)14(2)18-8-15(26)9-21(30-5)33-18;1-2/h7-10,14,17H,11-12H2,1-6H3;1-2H3. The Balaban J connectivity index is 0.00000167. The topological polar surface area (TPSA) is 97.3 Å². The summed E-state index contributed by atoms with van der Waals surface area (Å²) in [6.45, 7) is 7.70. The molecule has 1 aromatic carbocycles. The van der Waals surface area contributed by atoms with Crippen LogP contribution in [0.2, 0.25) is 0 Å². The van der Waals surface area contributed by atoms with Crippen LogP contribution in [0.3, 0.4) is 0 Å². The largest absolute Gasteiger partial charge is 0.497 e. The Labute approximate surface area is 204 Å². The smallest absolute Gasteiger partial charge is 0.288 e. The van der Waals surface area contributed by atoms with Gasteiger partial charge in [-0.05, 0) is 18.6 Å². The zero-order chi connectivity index (χ0) is 25.9. The maximum Gasteiger partial charge on any atom is 0.288 e. The quantitative estimate of drug-likeness (QED) is 0.494. The molecule has 0 spiro atoms. The number of ether oxygens (including phenoxy) is 4. The van der Waals surface area contributed by atoms with Crippen LogP contribution < -0.4 is 20.3 Å². The minimum Gasteiger partial charge on any atom is -0.497 e. The second-order valence-corrected chi connectivity index (χ2v) is 8.35. The monoisotopic (exact) mass is 486 g/mol. The second kappa shape index (κ2) is 10.7. The summed E-state index contributed by atoms with van der Waals surface area (Å²) < 4.78 is 34.4. The maximum atomic E-state index is 14.0. The molecule has 0 aliphatic heterocycles. The highest BCUT2D eigenvalue weighted by molar-refractivity contribution is 5.83. The molecule has 0 bridgehead atoms. The highest BCUT2D eigenvalue weighted by Gasteiger charge is 2.50. The molecule has 0 saturated carbocycles. The van der Waals surface area contributed by atoms with Crippen LogP contribution in [-0.2, 0) is 21.5 Å².